The van der Waals surface area contributed by atoms with E-state index in [1.807, 2.05) is 29.9 Å². The van der Waals surface area contributed by atoms with Gasteiger partial charge in [0.15, 0.2) is 0 Å². The molecule has 0 saturated carbocycles. The molecule has 0 bridgehead atoms. The zero-order valence-electron chi connectivity index (χ0n) is 18.7. The Morgan fingerprint density at radius 2 is 1.90 bits per heavy atom. The van der Waals surface area contributed by atoms with Crippen molar-refractivity contribution in [3.63, 3.8) is 0 Å². The van der Waals surface area contributed by atoms with Crippen LogP contribution in [0.4, 0.5) is 0 Å². The van der Waals surface area contributed by atoms with Gasteiger partial charge in [-0.15, -0.1) is 6.58 Å². The highest BCUT2D eigenvalue weighted by molar-refractivity contribution is 5.99. The lowest BCUT2D eigenvalue weighted by Gasteiger charge is -2.27. The van der Waals surface area contributed by atoms with Crippen LogP contribution in [-0.4, -0.2) is 73.8 Å². The molecule has 0 aliphatic heterocycles. The Morgan fingerprint density at radius 3 is 2.48 bits per heavy atom. The smallest absolute Gasteiger partial charge is 0.258 e. The van der Waals surface area contributed by atoms with Gasteiger partial charge in [0.25, 0.3) is 5.91 Å². The summed E-state index contributed by atoms with van der Waals surface area (Å²) in [6, 6.07) is 8.85. The first-order valence-corrected chi connectivity index (χ1v) is 9.94. The first-order valence-electron chi connectivity index (χ1n) is 9.94. The Bertz CT molecular complexity index is 893. The lowest BCUT2D eigenvalue weighted by Crippen LogP contribution is -2.44. The summed E-state index contributed by atoms with van der Waals surface area (Å²) in [4.78, 5) is 29.5. The molecule has 0 atom stereocenters. The normalized spacial score (nSPS) is 10.5. The molecule has 0 aliphatic rings. The molecule has 2 aromatic rings. The summed E-state index contributed by atoms with van der Waals surface area (Å²) in [5.74, 6) is 0.457. The number of hydrogen-bond donors (Lipinski definition) is 0. The molecule has 1 aromatic carbocycles. The molecular formula is C23H31N3O5. The third-order valence-corrected chi connectivity index (χ3v) is 4.92. The molecule has 0 N–H and O–H groups in total. The monoisotopic (exact) mass is 429 g/mol. The van der Waals surface area contributed by atoms with E-state index in [1.54, 1.807) is 43.4 Å². The van der Waals surface area contributed by atoms with Gasteiger partial charge in [0.05, 0.1) is 32.9 Å². The number of amides is 2. The minimum absolute atomic E-state index is 0.0891. The van der Waals surface area contributed by atoms with Crippen LogP contribution < -0.4 is 9.47 Å². The maximum absolute atomic E-state index is 13.2. The van der Waals surface area contributed by atoms with E-state index >= 15 is 0 Å². The van der Waals surface area contributed by atoms with Gasteiger partial charge in [-0.2, -0.15) is 0 Å². The van der Waals surface area contributed by atoms with E-state index in [0.29, 0.717) is 36.8 Å². The summed E-state index contributed by atoms with van der Waals surface area (Å²) in [7, 11) is 6.55. The summed E-state index contributed by atoms with van der Waals surface area (Å²) in [5, 5.41) is 0. The van der Waals surface area contributed by atoms with Gasteiger partial charge >= 0.3 is 0 Å². The van der Waals surface area contributed by atoms with E-state index in [0.717, 1.165) is 5.69 Å². The number of ether oxygens (including phenoxy) is 3. The summed E-state index contributed by atoms with van der Waals surface area (Å²) >= 11 is 0. The van der Waals surface area contributed by atoms with Crippen LogP contribution in [0.15, 0.2) is 49.2 Å². The van der Waals surface area contributed by atoms with Gasteiger partial charge in [0.1, 0.15) is 18.0 Å². The standard InChI is InChI=1S/C23H31N3O5/c1-6-11-26(23(28)20-10-9-19(30-4)15-21(20)31-5)17-22(27)25(13-14-29-3)16-18-8-7-12-24(18)2/h6-10,12,15H,1,11,13-14,16-17H2,2-5H3. The van der Waals surface area contributed by atoms with Gasteiger partial charge in [0.2, 0.25) is 5.91 Å². The molecular weight excluding hydrogens is 398 g/mol. The van der Waals surface area contributed by atoms with Crippen LogP contribution in [0.1, 0.15) is 16.1 Å². The van der Waals surface area contributed by atoms with Crippen molar-refractivity contribution in [1.82, 2.24) is 14.4 Å². The highest BCUT2D eigenvalue weighted by atomic mass is 16.5. The van der Waals surface area contributed by atoms with Crippen molar-refractivity contribution in [2.75, 3.05) is 47.6 Å². The van der Waals surface area contributed by atoms with E-state index in [-0.39, 0.29) is 24.9 Å². The minimum Gasteiger partial charge on any atom is -0.497 e. The summed E-state index contributed by atoms with van der Waals surface area (Å²) in [6.45, 7) is 5.11. The molecule has 0 unspecified atom stereocenters. The number of carbonyl (C=O) groups excluding carboxylic acids is 2. The van der Waals surface area contributed by atoms with Crippen molar-refractivity contribution in [1.29, 1.82) is 0 Å². The lowest BCUT2D eigenvalue weighted by atomic mass is 10.1. The Balaban J connectivity index is 2.22. The predicted molar refractivity (Wildman–Crippen MR) is 118 cm³/mol. The number of carbonyl (C=O) groups is 2. The van der Waals surface area contributed by atoms with Crippen LogP contribution in [0, 0.1) is 0 Å². The number of aromatic nitrogens is 1. The van der Waals surface area contributed by atoms with Gasteiger partial charge in [0, 0.05) is 45.2 Å². The Kier molecular flexibility index (Phi) is 9.14. The molecule has 0 radical (unpaired) electrons. The zero-order valence-corrected chi connectivity index (χ0v) is 18.7. The number of methoxy groups -OCH3 is 3. The zero-order chi connectivity index (χ0) is 22.8. The molecule has 2 rings (SSSR count). The largest absolute Gasteiger partial charge is 0.497 e. The SMILES string of the molecule is C=CCN(CC(=O)N(CCOC)Cc1cccn1C)C(=O)c1ccc(OC)cc1OC. The average Bonchev–Trinajstić information content (AvgIpc) is 3.19. The summed E-state index contributed by atoms with van der Waals surface area (Å²) < 4.78 is 17.7. The van der Waals surface area contributed by atoms with Gasteiger partial charge in [-0.1, -0.05) is 6.08 Å². The third kappa shape index (κ3) is 6.36. The number of benzene rings is 1. The second-order valence-electron chi connectivity index (χ2n) is 6.96. The van der Waals surface area contributed by atoms with E-state index in [1.165, 1.54) is 12.0 Å². The first kappa shape index (κ1) is 24.0. The Hall–Kier alpha value is -3.26. The second kappa shape index (κ2) is 11.8. The minimum atomic E-state index is -0.321. The second-order valence-corrected chi connectivity index (χ2v) is 6.96. The topological polar surface area (TPSA) is 73.2 Å². The van der Waals surface area contributed by atoms with Crippen molar-refractivity contribution >= 4 is 11.8 Å². The predicted octanol–water partition coefficient (Wildman–Crippen LogP) is 2.35. The maximum atomic E-state index is 13.2. The number of aryl methyl sites for hydroxylation is 1. The number of hydrogen-bond acceptors (Lipinski definition) is 5. The fourth-order valence-corrected chi connectivity index (χ4v) is 3.13. The van der Waals surface area contributed by atoms with Crippen LogP contribution in [0.3, 0.4) is 0 Å². The average molecular weight is 430 g/mol. The highest BCUT2D eigenvalue weighted by Crippen LogP contribution is 2.26. The summed E-state index contributed by atoms with van der Waals surface area (Å²) in [6.07, 6.45) is 3.52. The molecule has 8 heteroatoms. The Labute approximate surface area is 183 Å². The van der Waals surface area contributed by atoms with Crippen LogP contribution in [0.2, 0.25) is 0 Å². The van der Waals surface area contributed by atoms with Crippen LogP contribution in [0.25, 0.3) is 0 Å². The van der Waals surface area contributed by atoms with E-state index in [2.05, 4.69) is 6.58 Å². The van der Waals surface area contributed by atoms with E-state index in [9.17, 15) is 9.59 Å². The van der Waals surface area contributed by atoms with E-state index < -0.39 is 0 Å². The Morgan fingerprint density at radius 1 is 1.13 bits per heavy atom. The molecule has 31 heavy (non-hydrogen) atoms. The molecule has 2 amide bonds. The van der Waals surface area contributed by atoms with Crippen molar-refractivity contribution in [3.05, 3.63) is 60.4 Å². The first-order chi connectivity index (χ1) is 14.9. The van der Waals surface area contributed by atoms with Crippen LogP contribution in [0.5, 0.6) is 11.5 Å². The van der Waals surface area contributed by atoms with Gasteiger partial charge in [-0.05, 0) is 24.3 Å². The molecule has 1 aromatic heterocycles. The van der Waals surface area contributed by atoms with Gasteiger partial charge < -0.3 is 28.6 Å². The van der Waals surface area contributed by atoms with Gasteiger partial charge in [-0.3, -0.25) is 9.59 Å². The highest BCUT2D eigenvalue weighted by Gasteiger charge is 2.24. The number of rotatable bonds is 12. The van der Waals surface area contributed by atoms with Crippen molar-refractivity contribution in [3.8, 4) is 11.5 Å². The van der Waals surface area contributed by atoms with Crippen molar-refractivity contribution in [2.45, 2.75) is 6.54 Å². The quantitative estimate of drug-likeness (QED) is 0.484. The molecule has 0 spiro atoms. The molecule has 0 fully saturated rings. The molecule has 168 valence electrons. The van der Waals surface area contributed by atoms with Crippen LogP contribution >= 0.6 is 0 Å². The maximum Gasteiger partial charge on any atom is 0.258 e. The summed E-state index contributed by atoms with van der Waals surface area (Å²) in [5.41, 5.74) is 1.34. The van der Waals surface area contributed by atoms with Crippen molar-refractivity contribution < 1.29 is 23.8 Å². The number of nitrogens with zero attached hydrogens (tertiary/aromatic N) is 3. The lowest BCUT2D eigenvalue weighted by molar-refractivity contribution is -0.133. The molecule has 1 heterocycles. The fourth-order valence-electron chi connectivity index (χ4n) is 3.13. The van der Waals surface area contributed by atoms with E-state index in [4.69, 9.17) is 14.2 Å². The van der Waals surface area contributed by atoms with Gasteiger partial charge in [-0.25, -0.2) is 0 Å². The third-order valence-electron chi connectivity index (χ3n) is 4.92. The van der Waals surface area contributed by atoms with Crippen LogP contribution in [-0.2, 0) is 23.1 Å². The molecule has 0 aliphatic carbocycles. The fraction of sp³-hybridized carbons (Fsp3) is 0.391. The molecule has 8 nitrogen and oxygen atoms in total. The van der Waals surface area contributed by atoms with Crippen molar-refractivity contribution in [2.24, 2.45) is 7.05 Å². The molecule has 0 saturated heterocycles.